The normalized spacial score (nSPS) is 12.4. The van der Waals surface area contributed by atoms with Gasteiger partial charge in [-0.05, 0) is 57.3 Å². The van der Waals surface area contributed by atoms with Crippen molar-refractivity contribution in [2.75, 3.05) is 0 Å². The summed E-state index contributed by atoms with van der Waals surface area (Å²) in [6, 6.07) is 61.6. The van der Waals surface area contributed by atoms with E-state index >= 15 is 0 Å². The predicted molar refractivity (Wildman–Crippen MR) is 226 cm³/mol. The van der Waals surface area contributed by atoms with Crippen LogP contribution in [-0.2, 0) is 0 Å². The van der Waals surface area contributed by atoms with E-state index in [9.17, 15) is 0 Å². The molecular formula is C50H28N4. The van der Waals surface area contributed by atoms with E-state index in [2.05, 4.69) is 179 Å². The molecule has 4 nitrogen and oxygen atoms in total. The summed E-state index contributed by atoms with van der Waals surface area (Å²) in [6.07, 6.45) is 0. The summed E-state index contributed by atoms with van der Waals surface area (Å²) in [5.41, 5.74) is 9.56. The second-order valence-electron chi connectivity index (χ2n) is 14.5. The third kappa shape index (κ3) is 3.57. The van der Waals surface area contributed by atoms with Crippen LogP contribution in [0.2, 0.25) is 0 Å². The first kappa shape index (κ1) is 28.3. The Balaban J connectivity index is 1.33. The van der Waals surface area contributed by atoms with Gasteiger partial charge >= 0.3 is 0 Å². The molecule has 0 aliphatic heterocycles. The van der Waals surface area contributed by atoms with Gasteiger partial charge in [0.15, 0.2) is 5.82 Å². The lowest BCUT2D eigenvalue weighted by Crippen LogP contribution is -2.04. The molecule has 0 saturated carbocycles. The lowest BCUT2D eigenvalue weighted by molar-refractivity contribution is 1.09. The predicted octanol–water partition coefficient (Wildman–Crippen LogP) is 13.0. The highest BCUT2D eigenvalue weighted by molar-refractivity contribution is 6.35. The van der Waals surface area contributed by atoms with Crippen molar-refractivity contribution in [3.8, 4) is 17.1 Å². The van der Waals surface area contributed by atoms with Crippen LogP contribution in [0.4, 0.5) is 0 Å². The molecule has 0 amide bonds. The molecule has 0 unspecified atom stereocenters. The van der Waals surface area contributed by atoms with Crippen molar-refractivity contribution >= 4 is 103 Å². The van der Waals surface area contributed by atoms with Gasteiger partial charge < -0.3 is 4.40 Å². The Labute approximate surface area is 308 Å². The zero-order valence-corrected chi connectivity index (χ0v) is 29.0. The largest absolute Gasteiger partial charge is 0.308 e. The summed E-state index contributed by atoms with van der Waals surface area (Å²) in [6.45, 7) is 0. The first-order chi connectivity index (χ1) is 26.8. The Bertz CT molecular complexity index is 3720. The van der Waals surface area contributed by atoms with Crippen LogP contribution in [0, 0.1) is 0 Å². The molecule has 4 aromatic heterocycles. The Morgan fingerprint density at radius 2 is 1.02 bits per heavy atom. The van der Waals surface area contributed by atoms with E-state index in [1.807, 2.05) is 0 Å². The monoisotopic (exact) mass is 684 g/mol. The van der Waals surface area contributed by atoms with Gasteiger partial charge in [0.25, 0.3) is 0 Å². The van der Waals surface area contributed by atoms with Gasteiger partial charge in [0.2, 0.25) is 0 Å². The van der Waals surface area contributed by atoms with Crippen LogP contribution in [-0.4, -0.2) is 18.9 Å². The average Bonchev–Trinajstić information content (AvgIpc) is 3.71. The van der Waals surface area contributed by atoms with Gasteiger partial charge in [0, 0.05) is 43.3 Å². The summed E-state index contributed by atoms with van der Waals surface area (Å²) >= 11 is 0. The molecule has 0 aliphatic carbocycles. The van der Waals surface area contributed by atoms with Crippen LogP contribution in [0.5, 0.6) is 0 Å². The van der Waals surface area contributed by atoms with Crippen LogP contribution in [0.3, 0.4) is 0 Å². The molecule has 0 atom stereocenters. The molecule has 13 rings (SSSR count). The third-order valence-electron chi connectivity index (χ3n) is 11.7. The van der Waals surface area contributed by atoms with Gasteiger partial charge in [-0.15, -0.1) is 0 Å². The summed E-state index contributed by atoms with van der Waals surface area (Å²) in [5, 5.41) is 14.5. The Morgan fingerprint density at radius 1 is 0.370 bits per heavy atom. The number of para-hydroxylation sites is 1. The van der Waals surface area contributed by atoms with Crippen LogP contribution in [0.1, 0.15) is 0 Å². The molecule has 0 radical (unpaired) electrons. The quantitative estimate of drug-likeness (QED) is 0.170. The van der Waals surface area contributed by atoms with Crippen molar-refractivity contribution in [2.45, 2.75) is 0 Å². The highest BCUT2D eigenvalue weighted by Crippen LogP contribution is 2.47. The highest BCUT2D eigenvalue weighted by Gasteiger charge is 2.26. The second-order valence-corrected chi connectivity index (χ2v) is 14.5. The minimum absolute atomic E-state index is 0.826. The van der Waals surface area contributed by atoms with E-state index in [1.54, 1.807) is 0 Å². The first-order valence-electron chi connectivity index (χ1n) is 18.5. The van der Waals surface area contributed by atoms with Crippen molar-refractivity contribution in [1.82, 2.24) is 18.9 Å². The third-order valence-corrected chi connectivity index (χ3v) is 11.7. The number of nitrogens with zero attached hydrogens (tertiary/aromatic N) is 4. The molecule has 0 N–H and O–H groups in total. The summed E-state index contributed by atoms with van der Waals surface area (Å²) in [7, 11) is 0. The number of aromatic nitrogens is 4. The van der Waals surface area contributed by atoms with E-state index in [0.29, 0.717) is 0 Å². The van der Waals surface area contributed by atoms with E-state index < -0.39 is 0 Å². The number of rotatable bonds is 2. The fraction of sp³-hybridized carbons (Fsp3) is 0. The maximum Gasteiger partial charge on any atom is 0.165 e. The molecule has 4 heterocycles. The van der Waals surface area contributed by atoms with E-state index in [4.69, 9.17) is 9.97 Å². The van der Waals surface area contributed by atoms with Gasteiger partial charge in [-0.25, -0.2) is 9.97 Å². The van der Waals surface area contributed by atoms with E-state index in [0.717, 1.165) is 49.9 Å². The molecule has 0 aliphatic rings. The molecule has 248 valence electrons. The standard InChI is InChI=1S/C50H28N4/c1-2-13-30(14-3-1)46-50(52-47-34-18-8-6-12-29(34)24-25-40(47)51-46)54-41-23-11-20-36-37-21-10-22-38-39-26-31-15-4-5-16-32(31)27-42(39)53(48(37)38)43-28-33-17-7-9-19-35(33)49(54)45(43)44(36)41/h1-28H. The Morgan fingerprint density at radius 3 is 1.87 bits per heavy atom. The van der Waals surface area contributed by atoms with Crippen molar-refractivity contribution in [1.29, 1.82) is 0 Å². The number of fused-ring (bicyclic) bond motifs is 11. The SMILES string of the molecule is c1ccc(-c2nc3ccc4ccccc4c3nc2-n2c3cccc4c5cccc6c7cc8ccccc8cc7n(c7cc8ccccc8c2c7c43)c56)cc1. The topological polar surface area (TPSA) is 35.1 Å². The van der Waals surface area contributed by atoms with Gasteiger partial charge in [0.05, 0.1) is 38.6 Å². The van der Waals surface area contributed by atoms with Gasteiger partial charge in [-0.3, -0.25) is 4.57 Å². The molecule has 0 bridgehead atoms. The fourth-order valence-electron chi connectivity index (χ4n) is 9.47. The average molecular weight is 685 g/mol. The summed E-state index contributed by atoms with van der Waals surface area (Å²) in [4.78, 5) is 11.1. The smallest absolute Gasteiger partial charge is 0.165 e. The number of benzene rings is 9. The maximum atomic E-state index is 5.68. The molecule has 54 heavy (non-hydrogen) atoms. The Hall–Kier alpha value is -7.30. The lowest BCUT2D eigenvalue weighted by atomic mass is 10.0. The molecule has 4 heteroatoms. The van der Waals surface area contributed by atoms with Gasteiger partial charge in [-0.2, -0.15) is 0 Å². The zero-order chi connectivity index (χ0) is 35.1. The van der Waals surface area contributed by atoms with Crippen molar-refractivity contribution in [3.63, 3.8) is 0 Å². The highest BCUT2D eigenvalue weighted by atomic mass is 15.1. The first-order valence-corrected chi connectivity index (χ1v) is 18.5. The van der Waals surface area contributed by atoms with Crippen LogP contribution in [0.25, 0.3) is 120 Å². The van der Waals surface area contributed by atoms with E-state index in [1.165, 1.54) is 70.4 Å². The molecule has 0 spiro atoms. The fourth-order valence-corrected chi connectivity index (χ4v) is 9.47. The van der Waals surface area contributed by atoms with Crippen molar-refractivity contribution in [2.24, 2.45) is 0 Å². The second kappa shape index (κ2) is 10.2. The van der Waals surface area contributed by atoms with Gasteiger partial charge in [-0.1, -0.05) is 140 Å². The summed E-state index contributed by atoms with van der Waals surface area (Å²) in [5.74, 6) is 0.826. The van der Waals surface area contributed by atoms with Crippen LogP contribution < -0.4 is 0 Å². The number of hydrogen-bond acceptors (Lipinski definition) is 2. The molecule has 0 fully saturated rings. The van der Waals surface area contributed by atoms with Crippen molar-refractivity contribution < 1.29 is 0 Å². The minimum Gasteiger partial charge on any atom is -0.308 e. The summed E-state index contributed by atoms with van der Waals surface area (Å²) < 4.78 is 4.96. The number of hydrogen-bond donors (Lipinski definition) is 0. The van der Waals surface area contributed by atoms with Crippen LogP contribution in [0.15, 0.2) is 170 Å². The van der Waals surface area contributed by atoms with Gasteiger partial charge in [0.1, 0.15) is 5.69 Å². The molecule has 0 saturated heterocycles. The van der Waals surface area contributed by atoms with Crippen LogP contribution >= 0.6 is 0 Å². The van der Waals surface area contributed by atoms with E-state index in [-0.39, 0.29) is 0 Å². The molecular weight excluding hydrogens is 657 g/mol. The molecule has 13 aromatic rings. The Kier molecular flexibility index (Phi) is 5.34. The maximum absolute atomic E-state index is 5.68. The zero-order valence-electron chi connectivity index (χ0n) is 29.0. The molecule has 9 aromatic carbocycles. The van der Waals surface area contributed by atoms with Crippen molar-refractivity contribution in [3.05, 3.63) is 170 Å². The lowest BCUT2D eigenvalue weighted by Gasteiger charge is -2.16. The minimum atomic E-state index is 0.826.